The van der Waals surface area contributed by atoms with Crippen LogP contribution in [0.15, 0.2) is 24.3 Å². The fourth-order valence-corrected chi connectivity index (χ4v) is 2.39. The summed E-state index contributed by atoms with van der Waals surface area (Å²) in [5.41, 5.74) is 6.93. The first-order chi connectivity index (χ1) is 9.22. The lowest BCUT2D eigenvalue weighted by Crippen LogP contribution is -2.44. The van der Waals surface area contributed by atoms with E-state index in [1.54, 1.807) is 6.92 Å². The van der Waals surface area contributed by atoms with Gasteiger partial charge < -0.3 is 4.74 Å². The van der Waals surface area contributed by atoms with Crippen LogP contribution in [0.1, 0.15) is 36.8 Å². The van der Waals surface area contributed by atoms with Crippen molar-refractivity contribution < 1.29 is 14.3 Å². The van der Waals surface area contributed by atoms with Crippen molar-refractivity contribution in [3.05, 3.63) is 35.4 Å². The predicted molar refractivity (Wildman–Crippen MR) is 70.4 cm³/mol. The van der Waals surface area contributed by atoms with Crippen LogP contribution in [0.5, 0.6) is 0 Å². The van der Waals surface area contributed by atoms with E-state index in [1.807, 2.05) is 24.3 Å². The second kappa shape index (κ2) is 6.22. The van der Waals surface area contributed by atoms with Crippen molar-refractivity contribution in [2.75, 3.05) is 6.61 Å². The lowest BCUT2D eigenvalue weighted by atomic mass is 9.82. The molecule has 0 aromatic heterocycles. The first-order valence-electron chi connectivity index (χ1n) is 6.52. The van der Waals surface area contributed by atoms with Crippen LogP contribution in [0, 0.1) is 0 Å². The molecule has 1 aliphatic carbocycles. The number of aryl methyl sites for hydroxylation is 1. The molecule has 19 heavy (non-hydrogen) atoms. The van der Waals surface area contributed by atoms with Gasteiger partial charge in [0.15, 0.2) is 0 Å². The van der Waals surface area contributed by atoms with Gasteiger partial charge >= 0.3 is 6.09 Å². The average Bonchev–Trinajstić information content (AvgIpc) is 2.44. The van der Waals surface area contributed by atoms with E-state index in [0.29, 0.717) is 0 Å². The van der Waals surface area contributed by atoms with Crippen LogP contribution < -0.4 is 10.9 Å². The topological polar surface area (TPSA) is 67.4 Å². The molecule has 2 rings (SSSR count). The molecule has 0 saturated heterocycles. The molecule has 0 fully saturated rings. The van der Waals surface area contributed by atoms with Gasteiger partial charge in [0.05, 0.1) is 12.5 Å². The van der Waals surface area contributed by atoms with E-state index >= 15 is 0 Å². The zero-order valence-corrected chi connectivity index (χ0v) is 10.9. The van der Waals surface area contributed by atoms with Gasteiger partial charge in [0, 0.05) is 0 Å². The van der Waals surface area contributed by atoms with Crippen molar-refractivity contribution in [3.63, 3.8) is 0 Å². The lowest BCUT2D eigenvalue weighted by Gasteiger charge is -2.24. The molecule has 0 bridgehead atoms. The molecule has 1 aromatic rings. The Morgan fingerprint density at radius 2 is 2.11 bits per heavy atom. The van der Waals surface area contributed by atoms with Gasteiger partial charge in [-0.15, -0.1) is 0 Å². The van der Waals surface area contributed by atoms with E-state index in [-0.39, 0.29) is 18.4 Å². The van der Waals surface area contributed by atoms with Crippen molar-refractivity contribution in [2.45, 2.75) is 32.1 Å². The third kappa shape index (κ3) is 3.24. The van der Waals surface area contributed by atoms with E-state index in [2.05, 4.69) is 15.6 Å². The monoisotopic (exact) mass is 262 g/mol. The number of rotatable bonds is 2. The van der Waals surface area contributed by atoms with Crippen LogP contribution in [0.3, 0.4) is 0 Å². The van der Waals surface area contributed by atoms with Crippen molar-refractivity contribution in [2.24, 2.45) is 0 Å². The molecule has 0 radical (unpaired) electrons. The molecule has 1 atom stereocenters. The maximum atomic E-state index is 12.1. The molecule has 0 heterocycles. The van der Waals surface area contributed by atoms with Gasteiger partial charge in [-0.2, -0.15) is 0 Å². The number of hydrogen-bond acceptors (Lipinski definition) is 3. The fourth-order valence-electron chi connectivity index (χ4n) is 2.39. The van der Waals surface area contributed by atoms with Crippen LogP contribution >= 0.6 is 0 Å². The second-order valence-electron chi connectivity index (χ2n) is 4.48. The highest BCUT2D eigenvalue weighted by Gasteiger charge is 2.26. The fraction of sp³-hybridized carbons (Fsp3) is 0.429. The molecule has 0 aliphatic heterocycles. The molecule has 0 spiro atoms. The maximum Gasteiger partial charge on any atom is 0.426 e. The van der Waals surface area contributed by atoms with Crippen LogP contribution in [0.4, 0.5) is 4.79 Å². The highest BCUT2D eigenvalue weighted by atomic mass is 16.5. The van der Waals surface area contributed by atoms with Gasteiger partial charge in [0.1, 0.15) is 0 Å². The van der Waals surface area contributed by atoms with Crippen LogP contribution in [0.25, 0.3) is 0 Å². The van der Waals surface area contributed by atoms with Gasteiger partial charge in [-0.05, 0) is 37.3 Å². The van der Waals surface area contributed by atoms with Crippen molar-refractivity contribution in [1.29, 1.82) is 0 Å². The van der Waals surface area contributed by atoms with Gasteiger partial charge in [-0.3, -0.25) is 10.2 Å². The zero-order chi connectivity index (χ0) is 13.7. The number of hydrazine groups is 1. The Hall–Kier alpha value is -2.04. The summed E-state index contributed by atoms with van der Waals surface area (Å²) in [6, 6.07) is 7.94. The average molecular weight is 262 g/mol. The molecule has 5 nitrogen and oxygen atoms in total. The van der Waals surface area contributed by atoms with Gasteiger partial charge in [-0.1, -0.05) is 24.3 Å². The highest BCUT2D eigenvalue weighted by molar-refractivity contribution is 5.85. The minimum Gasteiger partial charge on any atom is -0.449 e. The van der Waals surface area contributed by atoms with Gasteiger partial charge in [-0.25, -0.2) is 10.2 Å². The standard InChI is InChI=1S/C14H18N2O3/c1-2-19-14(18)16-15-13(17)12-9-5-7-10-6-3-4-8-11(10)12/h3-4,6,8,12H,2,5,7,9H2,1H3,(H,15,17)(H,16,18). The minimum absolute atomic E-state index is 0.194. The normalized spacial score (nSPS) is 17.2. The summed E-state index contributed by atoms with van der Waals surface area (Å²) in [5, 5.41) is 0. The van der Waals surface area contributed by atoms with Crippen molar-refractivity contribution in [3.8, 4) is 0 Å². The highest BCUT2D eigenvalue weighted by Crippen LogP contribution is 2.31. The van der Waals surface area contributed by atoms with Crippen LogP contribution in [-0.4, -0.2) is 18.6 Å². The summed E-state index contributed by atoms with van der Waals surface area (Å²) in [7, 11) is 0. The number of fused-ring (bicyclic) bond motifs is 1. The van der Waals surface area contributed by atoms with E-state index in [0.717, 1.165) is 24.8 Å². The number of carbonyl (C=O) groups is 2. The van der Waals surface area contributed by atoms with Crippen LogP contribution in [-0.2, 0) is 16.0 Å². The van der Waals surface area contributed by atoms with Crippen molar-refractivity contribution in [1.82, 2.24) is 10.9 Å². The predicted octanol–water partition coefficient (Wildman–Crippen LogP) is 1.88. The summed E-state index contributed by atoms with van der Waals surface area (Å²) in [5.74, 6) is -0.396. The van der Waals surface area contributed by atoms with E-state index in [9.17, 15) is 9.59 Å². The number of carbonyl (C=O) groups excluding carboxylic acids is 2. The molecule has 1 unspecified atom stereocenters. The molecule has 2 N–H and O–H groups in total. The Balaban J connectivity index is 1.99. The Bertz CT molecular complexity index is 474. The molecular weight excluding hydrogens is 244 g/mol. The smallest absolute Gasteiger partial charge is 0.426 e. The minimum atomic E-state index is -0.639. The summed E-state index contributed by atoms with van der Waals surface area (Å²) in [6.45, 7) is 1.98. The molecule has 0 saturated carbocycles. The maximum absolute atomic E-state index is 12.1. The number of nitrogens with one attached hydrogen (secondary N) is 2. The Morgan fingerprint density at radius 1 is 1.32 bits per heavy atom. The summed E-state index contributed by atoms with van der Waals surface area (Å²) in [4.78, 5) is 23.2. The SMILES string of the molecule is CCOC(=O)NNC(=O)C1CCCc2ccccc21. The van der Waals surface area contributed by atoms with Gasteiger partial charge in [0.25, 0.3) is 0 Å². The Kier molecular flexibility index (Phi) is 4.39. The van der Waals surface area contributed by atoms with Gasteiger partial charge in [0.2, 0.25) is 5.91 Å². The first-order valence-corrected chi connectivity index (χ1v) is 6.52. The second-order valence-corrected chi connectivity index (χ2v) is 4.48. The van der Waals surface area contributed by atoms with E-state index in [1.165, 1.54) is 5.56 Å². The molecule has 102 valence electrons. The summed E-state index contributed by atoms with van der Waals surface area (Å²) < 4.78 is 4.68. The van der Waals surface area contributed by atoms with E-state index < -0.39 is 6.09 Å². The third-order valence-corrected chi connectivity index (χ3v) is 3.25. The molecule has 2 amide bonds. The zero-order valence-electron chi connectivity index (χ0n) is 10.9. The first kappa shape index (κ1) is 13.4. The summed E-state index contributed by atoms with van der Waals surface area (Å²) >= 11 is 0. The largest absolute Gasteiger partial charge is 0.449 e. The quantitative estimate of drug-likeness (QED) is 0.800. The van der Waals surface area contributed by atoms with E-state index in [4.69, 9.17) is 0 Å². The third-order valence-electron chi connectivity index (χ3n) is 3.25. The molecule has 5 heteroatoms. The Labute approximate surface area is 112 Å². The number of ether oxygens (including phenoxy) is 1. The number of amides is 2. The molecule has 1 aromatic carbocycles. The molecular formula is C14H18N2O3. The van der Waals surface area contributed by atoms with Crippen molar-refractivity contribution >= 4 is 12.0 Å². The number of hydrogen-bond donors (Lipinski definition) is 2. The lowest BCUT2D eigenvalue weighted by molar-refractivity contribution is -0.123. The molecule has 1 aliphatic rings. The summed E-state index contributed by atoms with van der Waals surface area (Å²) in [6.07, 6.45) is 2.15. The Morgan fingerprint density at radius 3 is 2.89 bits per heavy atom. The van der Waals surface area contributed by atoms with Crippen LogP contribution in [0.2, 0.25) is 0 Å². The number of benzene rings is 1.